The van der Waals surface area contributed by atoms with Crippen LogP contribution in [0, 0.1) is 6.92 Å². The van der Waals surface area contributed by atoms with Crippen LogP contribution in [0.3, 0.4) is 0 Å². The van der Waals surface area contributed by atoms with Crippen molar-refractivity contribution in [2.45, 2.75) is 55.4 Å². The van der Waals surface area contributed by atoms with E-state index < -0.39 is 20.0 Å². The number of carbonyl (C=O) groups is 2. The molecule has 5 N–H and O–H groups in total. The largest absolute Gasteiger partial charge is 0.462 e. The number of hydrogen-bond acceptors (Lipinski definition) is 8. The van der Waals surface area contributed by atoms with Gasteiger partial charge < -0.3 is 21.1 Å². The van der Waals surface area contributed by atoms with Crippen molar-refractivity contribution >= 4 is 97.0 Å². The van der Waals surface area contributed by atoms with E-state index in [-0.39, 0.29) is 28.7 Å². The van der Waals surface area contributed by atoms with Gasteiger partial charge >= 0.3 is 5.97 Å². The van der Waals surface area contributed by atoms with Crippen LogP contribution in [0.15, 0.2) is 46.3 Å². The lowest BCUT2D eigenvalue weighted by atomic mass is 9.92. The SMILES string of the molecule is [B]c1cc(S(=O)(=O)NC(I)C(=Nc2sc3c(c2C(=O)OCC)CCCC3)Nc2ccccc2N)cc(C)c1NC(C)=O. The predicted octanol–water partition coefficient (Wildman–Crippen LogP) is 4.33. The van der Waals surface area contributed by atoms with Gasteiger partial charge in [0.25, 0.3) is 0 Å². The minimum atomic E-state index is -4.12. The van der Waals surface area contributed by atoms with Gasteiger partial charge in [-0.15, -0.1) is 11.3 Å². The van der Waals surface area contributed by atoms with Crippen LogP contribution in [0.25, 0.3) is 0 Å². The van der Waals surface area contributed by atoms with Crippen molar-refractivity contribution in [2.75, 3.05) is 23.0 Å². The minimum Gasteiger partial charge on any atom is -0.462 e. The third-order valence-corrected chi connectivity index (χ3v) is 10.4. The number of amides is 1. The molecule has 4 rings (SSSR count). The lowest BCUT2D eigenvalue weighted by molar-refractivity contribution is -0.114. The van der Waals surface area contributed by atoms with Crippen molar-refractivity contribution in [1.29, 1.82) is 0 Å². The molecule has 14 heteroatoms. The first-order valence-electron chi connectivity index (χ1n) is 13.3. The van der Waals surface area contributed by atoms with Crippen molar-refractivity contribution in [2.24, 2.45) is 4.99 Å². The van der Waals surface area contributed by atoms with E-state index in [0.29, 0.717) is 33.2 Å². The molecule has 3 aromatic rings. The number of hydrogen-bond donors (Lipinski definition) is 4. The number of nitrogens with two attached hydrogens (primary N) is 1. The highest BCUT2D eigenvalue weighted by Gasteiger charge is 2.29. The maximum atomic E-state index is 13.5. The average molecular weight is 719 g/mol. The number of sulfonamides is 1. The number of fused-ring (bicyclic) bond motifs is 1. The van der Waals surface area contributed by atoms with Crippen molar-refractivity contribution in [3.05, 3.63) is 58.0 Å². The highest BCUT2D eigenvalue weighted by Crippen LogP contribution is 2.41. The van der Waals surface area contributed by atoms with Crippen LogP contribution in [0.5, 0.6) is 0 Å². The number of carbonyl (C=O) groups excluding carboxylic acids is 2. The number of halogens is 1. The normalized spacial score (nSPS) is 14.1. The van der Waals surface area contributed by atoms with Crippen LogP contribution in [0.1, 0.15) is 53.1 Å². The zero-order valence-corrected chi connectivity index (χ0v) is 27.2. The molecule has 1 atom stereocenters. The molecule has 1 unspecified atom stereocenters. The Morgan fingerprint density at radius 3 is 2.57 bits per heavy atom. The number of para-hydroxylation sites is 2. The van der Waals surface area contributed by atoms with E-state index in [2.05, 4.69) is 15.4 Å². The number of rotatable bonds is 9. The van der Waals surface area contributed by atoms with Crippen LogP contribution in [-0.2, 0) is 32.4 Å². The summed E-state index contributed by atoms with van der Waals surface area (Å²) in [7, 11) is 1.98. The summed E-state index contributed by atoms with van der Waals surface area (Å²) in [6, 6.07) is 9.75. The van der Waals surface area contributed by atoms with Gasteiger partial charge in [-0.2, -0.15) is 4.72 Å². The van der Waals surface area contributed by atoms with Gasteiger partial charge in [0.05, 0.1) is 28.4 Å². The minimum absolute atomic E-state index is 0.0781. The molecular formula is C28H31BIN5O5S2. The van der Waals surface area contributed by atoms with Crippen LogP contribution in [0.2, 0.25) is 0 Å². The van der Waals surface area contributed by atoms with Gasteiger partial charge in [-0.25, -0.2) is 18.2 Å². The molecule has 1 amide bonds. The van der Waals surface area contributed by atoms with Crippen LogP contribution >= 0.6 is 33.9 Å². The molecule has 1 aliphatic rings. The Kier molecular flexibility index (Phi) is 10.3. The first kappa shape index (κ1) is 32.0. The van der Waals surface area contributed by atoms with Gasteiger partial charge in [0.1, 0.15) is 22.7 Å². The van der Waals surface area contributed by atoms with Crippen molar-refractivity contribution < 1.29 is 22.7 Å². The molecule has 0 spiro atoms. The number of nitrogens with one attached hydrogen (secondary N) is 3. The highest BCUT2D eigenvalue weighted by molar-refractivity contribution is 14.1. The summed E-state index contributed by atoms with van der Waals surface area (Å²) in [5.74, 6) is -0.554. The molecule has 1 aromatic heterocycles. The molecule has 220 valence electrons. The summed E-state index contributed by atoms with van der Waals surface area (Å²) >= 11 is 3.34. The Labute approximate surface area is 264 Å². The van der Waals surface area contributed by atoms with Crippen molar-refractivity contribution in [3.63, 3.8) is 0 Å². The standard InChI is InChI=1S/C28H31BIN5O5S2/c1-4-40-28(37)23-18-9-5-8-12-22(18)41-27(23)34-26(33-21-11-7-6-10-20(21)31)25(30)35-42(38,39)17-13-15(2)24(19(29)14-17)32-16(3)36/h6-7,10-11,13-14,25,35H,4-5,8-9,12,31H2,1-3H3,(H,32,36)(H,33,34). The molecule has 2 aromatic carbocycles. The molecule has 1 aliphatic carbocycles. The summed E-state index contributed by atoms with van der Waals surface area (Å²) in [5.41, 5.74) is 9.46. The topological polar surface area (TPSA) is 152 Å². The maximum Gasteiger partial charge on any atom is 0.341 e. The van der Waals surface area contributed by atoms with E-state index >= 15 is 0 Å². The van der Waals surface area contributed by atoms with Gasteiger partial charge in [-0.1, -0.05) is 40.2 Å². The number of esters is 1. The lowest BCUT2D eigenvalue weighted by Gasteiger charge is -2.19. The molecule has 42 heavy (non-hydrogen) atoms. The van der Waals surface area contributed by atoms with E-state index in [1.807, 2.05) is 22.6 Å². The molecule has 0 bridgehead atoms. The summed E-state index contributed by atoms with van der Waals surface area (Å²) in [6.07, 6.45) is 3.57. The number of nitrogen functional groups attached to an aromatic ring is 1. The van der Waals surface area contributed by atoms with E-state index in [1.54, 1.807) is 38.1 Å². The number of anilines is 3. The average Bonchev–Trinajstić information content (AvgIpc) is 3.29. The molecular weight excluding hydrogens is 688 g/mol. The lowest BCUT2D eigenvalue weighted by Crippen LogP contribution is -2.40. The van der Waals surface area contributed by atoms with E-state index in [0.717, 1.165) is 36.1 Å². The fourth-order valence-corrected chi connectivity index (χ4v) is 8.29. The second-order valence-electron chi connectivity index (χ2n) is 9.69. The Balaban J connectivity index is 1.76. The van der Waals surface area contributed by atoms with Crippen LogP contribution in [-0.4, -0.2) is 44.6 Å². The fraction of sp³-hybridized carbons (Fsp3) is 0.321. The first-order valence-corrected chi connectivity index (χ1v) is 16.8. The Hall–Kier alpha value is -2.95. The smallest absolute Gasteiger partial charge is 0.341 e. The summed E-state index contributed by atoms with van der Waals surface area (Å²) in [6.45, 7) is 4.97. The number of ether oxygens (including phenoxy) is 1. The maximum absolute atomic E-state index is 13.5. The Bertz CT molecular complexity index is 1630. The van der Waals surface area contributed by atoms with Gasteiger partial charge in [-0.3, -0.25) is 4.79 Å². The van der Waals surface area contributed by atoms with E-state index in [4.69, 9.17) is 23.3 Å². The van der Waals surface area contributed by atoms with Gasteiger partial charge in [0, 0.05) is 17.5 Å². The summed E-state index contributed by atoms with van der Waals surface area (Å²) in [5, 5.41) is 6.24. The summed E-state index contributed by atoms with van der Waals surface area (Å²) < 4.78 is 34.2. The third-order valence-electron chi connectivity index (χ3n) is 6.53. The number of amidine groups is 1. The Morgan fingerprint density at radius 1 is 1.19 bits per heavy atom. The van der Waals surface area contributed by atoms with E-state index in [1.165, 1.54) is 30.4 Å². The second kappa shape index (κ2) is 13.6. The second-order valence-corrected chi connectivity index (χ2v) is 13.7. The molecule has 2 radical (unpaired) electrons. The number of alkyl halides is 1. The zero-order valence-electron chi connectivity index (χ0n) is 23.4. The van der Waals surface area contributed by atoms with E-state index in [9.17, 15) is 18.0 Å². The first-order chi connectivity index (χ1) is 19.9. The highest BCUT2D eigenvalue weighted by atomic mass is 127. The summed E-state index contributed by atoms with van der Waals surface area (Å²) in [4.78, 5) is 30.4. The number of benzene rings is 2. The van der Waals surface area contributed by atoms with Gasteiger partial charge in [0.2, 0.25) is 15.9 Å². The van der Waals surface area contributed by atoms with Crippen LogP contribution in [0.4, 0.5) is 22.1 Å². The molecule has 1 heterocycles. The molecule has 0 aliphatic heterocycles. The van der Waals surface area contributed by atoms with Crippen LogP contribution < -0.4 is 26.6 Å². The number of aryl methyl sites for hydroxylation is 2. The molecule has 0 fully saturated rings. The van der Waals surface area contributed by atoms with Gasteiger partial charge in [0.15, 0.2) is 0 Å². The van der Waals surface area contributed by atoms with Gasteiger partial charge in [-0.05, 0) is 74.9 Å². The monoisotopic (exact) mass is 719 g/mol. The molecule has 0 saturated carbocycles. The fourth-order valence-electron chi connectivity index (χ4n) is 4.59. The zero-order chi connectivity index (χ0) is 30.6. The van der Waals surface area contributed by atoms with Crippen molar-refractivity contribution in [1.82, 2.24) is 4.72 Å². The molecule has 0 saturated heterocycles. The molecule has 10 nitrogen and oxygen atoms in total. The Morgan fingerprint density at radius 2 is 1.90 bits per heavy atom. The number of thiophene rings is 1. The van der Waals surface area contributed by atoms with Crippen molar-refractivity contribution in [3.8, 4) is 0 Å². The third kappa shape index (κ3) is 7.33. The quantitative estimate of drug-likeness (QED) is 0.0376. The predicted molar refractivity (Wildman–Crippen MR) is 177 cm³/mol. The number of nitrogens with zero attached hydrogens (tertiary/aromatic N) is 1. The number of aliphatic imine (C=N–C) groups is 1.